The SMILES string of the molecule is NC(CNCC1CCCS1)C(=O)O. The lowest BCUT2D eigenvalue weighted by Crippen LogP contribution is -2.41. The van der Waals surface area contributed by atoms with Gasteiger partial charge in [-0.2, -0.15) is 11.8 Å². The van der Waals surface area contributed by atoms with Crippen LogP contribution in [0, 0.1) is 0 Å². The van der Waals surface area contributed by atoms with Crippen LogP contribution in [0.1, 0.15) is 12.8 Å². The smallest absolute Gasteiger partial charge is 0.321 e. The topological polar surface area (TPSA) is 75.3 Å². The van der Waals surface area contributed by atoms with Gasteiger partial charge >= 0.3 is 5.97 Å². The molecule has 2 unspecified atom stereocenters. The van der Waals surface area contributed by atoms with Crippen molar-refractivity contribution >= 4 is 17.7 Å². The Morgan fingerprint density at radius 1 is 1.77 bits per heavy atom. The fourth-order valence-corrected chi connectivity index (χ4v) is 2.53. The summed E-state index contributed by atoms with van der Waals surface area (Å²) in [5, 5.41) is 12.2. The molecule has 0 radical (unpaired) electrons. The summed E-state index contributed by atoms with van der Waals surface area (Å²) in [5.74, 6) is 0.295. The molecule has 2 atom stereocenters. The summed E-state index contributed by atoms with van der Waals surface area (Å²) in [5.41, 5.74) is 5.33. The van der Waals surface area contributed by atoms with E-state index in [0.29, 0.717) is 11.8 Å². The first-order valence-corrected chi connectivity index (χ1v) is 5.55. The maximum atomic E-state index is 10.4. The molecule has 1 aliphatic heterocycles. The lowest BCUT2D eigenvalue weighted by atomic mass is 10.2. The molecule has 76 valence electrons. The van der Waals surface area contributed by atoms with Crippen molar-refractivity contribution in [2.45, 2.75) is 24.1 Å². The number of carboxylic acids is 1. The number of nitrogens with two attached hydrogens (primary N) is 1. The number of hydrogen-bond donors (Lipinski definition) is 3. The number of rotatable bonds is 5. The van der Waals surface area contributed by atoms with Crippen LogP contribution >= 0.6 is 11.8 Å². The largest absolute Gasteiger partial charge is 0.480 e. The van der Waals surface area contributed by atoms with Gasteiger partial charge in [0.05, 0.1) is 0 Å². The van der Waals surface area contributed by atoms with Gasteiger partial charge in [-0.25, -0.2) is 0 Å². The van der Waals surface area contributed by atoms with Crippen LogP contribution in [0.2, 0.25) is 0 Å². The van der Waals surface area contributed by atoms with Gasteiger partial charge in [-0.05, 0) is 18.6 Å². The molecule has 0 spiro atoms. The van der Waals surface area contributed by atoms with Gasteiger partial charge in [-0.3, -0.25) is 4.79 Å². The molecule has 0 bridgehead atoms. The molecule has 1 fully saturated rings. The normalized spacial score (nSPS) is 24.5. The second kappa shape index (κ2) is 5.47. The molecule has 1 aliphatic rings. The van der Waals surface area contributed by atoms with Gasteiger partial charge < -0.3 is 16.2 Å². The molecule has 1 saturated heterocycles. The summed E-state index contributed by atoms with van der Waals surface area (Å²) in [6, 6.07) is -0.772. The first-order chi connectivity index (χ1) is 6.20. The minimum Gasteiger partial charge on any atom is -0.480 e. The number of hydrogen-bond acceptors (Lipinski definition) is 4. The minimum atomic E-state index is -0.938. The van der Waals surface area contributed by atoms with Crippen LogP contribution in [0.15, 0.2) is 0 Å². The number of nitrogens with one attached hydrogen (secondary N) is 1. The first-order valence-electron chi connectivity index (χ1n) is 4.51. The highest BCUT2D eigenvalue weighted by molar-refractivity contribution is 8.00. The molecule has 0 aromatic carbocycles. The number of carboxylic acid groups (broad SMARTS) is 1. The Hall–Kier alpha value is -0.260. The zero-order valence-corrected chi connectivity index (χ0v) is 8.35. The maximum Gasteiger partial charge on any atom is 0.321 e. The fraction of sp³-hybridized carbons (Fsp3) is 0.875. The third-order valence-electron chi connectivity index (χ3n) is 2.08. The van der Waals surface area contributed by atoms with Crippen molar-refractivity contribution in [2.24, 2.45) is 5.73 Å². The number of thioether (sulfide) groups is 1. The van der Waals surface area contributed by atoms with Gasteiger partial charge in [-0.1, -0.05) is 0 Å². The van der Waals surface area contributed by atoms with E-state index < -0.39 is 12.0 Å². The highest BCUT2D eigenvalue weighted by atomic mass is 32.2. The van der Waals surface area contributed by atoms with Crippen molar-refractivity contribution in [1.82, 2.24) is 5.32 Å². The van der Waals surface area contributed by atoms with Crippen LogP contribution in [-0.4, -0.2) is 41.2 Å². The van der Waals surface area contributed by atoms with Gasteiger partial charge in [0.15, 0.2) is 0 Å². The van der Waals surface area contributed by atoms with E-state index in [0.717, 1.165) is 6.54 Å². The van der Waals surface area contributed by atoms with E-state index in [9.17, 15) is 4.79 Å². The number of aliphatic carboxylic acids is 1. The average molecular weight is 204 g/mol. The monoisotopic (exact) mass is 204 g/mol. The zero-order chi connectivity index (χ0) is 9.68. The molecule has 0 aromatic heterocycles. The van der Waals surface area contributed by atoms with Gasteiger partial charge in [0.25, 0.3) is 0 Å². The predicted molar refractivity (Wildman–Crippen MR) is 54.0 cm³/mol. The molecule has 13 heavy (non-hydrogen) atoms. The molecule has 1 heterocycles. The predicted octanol–water partition coefficient (Wildman–Crippen LogP) is -0.116. The van der Waals surface area contributed by atoms with E-state index in [4.69, 9.17) is 10.8 Å². The van der Waals surface area contributed by atoms with Crippen molar-refractivity contribution in [1.29, 1.82) is 0 Å². The summed E-state index contributed by atoms with van der Waals surface area (Å²) >= 11 is 1.95. The summed E-state index contributed by atoms with van der Waals surface area (Å²) in [4.78, 5) is 10.4. The van der Waals surface area contributed by atoms with E-state index >= 15 is 0 Å². The van der Waals surface area contributed by atoms with Crippen LogP contribution in [0.4, 0.5) is 0 Å². The van der Waals surface area contributed by atoms with E-state index in [1.165, 1.54) is 18.6 Å². The Labute approximate surface area is 82.3 Å². The summed E-state index contributed by atoms with van der Waals surface area (Å²) in [7, 11) is 0. The third-order valence-corrected chi connectivity index (χ3v) is 3.48. The molecule has 4 N–H and O–H groups in total. The van der Waals surface area contributed by atoms with Gasteiger partial charge in [0.1, 0.15) is 6.04 Å². The Morgan fingerprint density at radius 2 is 2.54 bits per heavy atom. The highest BCUT2D eigenvalue weighted by Gasteiger charge is 2.16. The van der Waals surface area contributed by atoms with Crippen molar-refractivity contribution < 1.29 is 9.90 Å². The van der Waals surface area contributed by atoms with Crippen molar-refractivity contribution in [3.63, 3.8) is 0 Å². The van der Waals surface area contributed by atoms with Crippen LogP contribution in [-0.2, 0) is 4.79 Å². The molecular weight excluding hydrogens is 188 g/mol. The summed E-state index contributed by atoms with van der Waals surface area (Å²) in [6.07, 6.45) is 2.52. The Morgan fingerprint density at radius 3 is 3.08 bits per heavy atom. The van der Waals surface area contributed by atoms with E-state index in [2.05, 4.69) is 5.32 Å². The molecule has 4 nitrogen and oxygen atoms in total. The molecular formula is C8H16N2O2S. The summed E-state index contributed by atoms with van der Waals surface area (Å²) in [6.45, 7) is 1.25. The lowest BCUT2D eigenvalue weighted by Gasteiger charge is -2.11. The maximum absolute atomic E-state index is 10.4. The third kappa shape index (κ3) is 3.97. The average Bonchev–Trinajstić information content (AvgIpc) is 2.56. The van der Waals surface area contributed by atoms with E-state index in [-0.39, 0.29) is 0 Å². The first kappa shape index (κ1) is 10.8. The van der Waals surface area contributed by atoms with Crippen LogP contribution in [0.25, 0.3) is 0 Å². The minimum absolute atomic E-state index is 0.367. The molecule has 5 heteroatoms. The molecule has 1 rings (SSSR count). The Bertz CT molecular complexity index is 172. The quantitative estimate of drug-likeness (QED) is 0.582. The van der Waals surface area contributed by atoms with E-state index in [1.54, 1.807) is 0 Å². The molecule has 0 aromatic rings. The van der Waals surface area contributed by atoms with Gasteiger partial charge in [0.2, 0.25) is 0 Å². The molecule has 0 amide bonds. The second-order valence-corrected chi connectivity index (χ2v) is 4.65. The van der Waals surface area contributed by atoms with Crippen LogP contribution < -0.4 is 11.1 Å². The molecule has 0 saturated carbocycles. The van der Waals surface area contributed by atoms with Crippen LogP contribution in [0.3, 0.4) is 0 Å². The van der Waals surface area contributed by atoms with Crippen molar-refractivity contribution in [3.8, 4) is 0 Å². The van der Waals surface area contributed by atoms with Gasteiger partial charge in [0, 0.05) is 18.3 Å². The van der Waals surface area contributed by atoms with Gasteiger partial charge in [-0.15, -0.1) is 0 Å². The standard InChI is InChI=1S/C8H16N2O2S/c9-7(8(11)12)5-10-4-6-2-1-3-13-6/h6-7,10H,1-5,9H2,(H,11,12). The second-order valence-electron chi connectivity index (χ2n) is 3.24. The van der Waals surface area contributed by atoms with E-state index in [1.807, 2.05) is 11.8 Å². The lowest BCUT2D eigenvalue weighted by molar-refractivity contribution is -0.138. The Kier molecular flexibility index (Phi) is 4.55. The van der Waals surface area contributed by atoms with Crippen molar-refractivity contribution in [2.75, 3.05) is 18.8 Å². The molecule has 0 aliphatic carbocycles. The highest BCUT2D eigenvalue weighted by Crippen LogP contribution is 2.24. The summed E-state index contributed by atoms with van der Waals surface area (Å²) < 4.78 is 0. The van der Waals surface area contributed by atoms with Crippen LogP contribution in [0.5, 0.6) is 0 Å². The number of carbonyl (C=O) groups is 1. The van der Waals surface area contributed by atoms with Crippen molar-refractivity contribution in [3.05, 3.63) is 0 Å². The fourth-order valence-electron chi connectivity index (χ4n) is 1.29. The Balaban J connectivity index is 2.02. The zero-order valence-electron chi connectivity index (χ0n) is 7.53.